The van der Waals surface area contributed by atoms with Gasteiger partial charge in [0.25, 0.3) is 0 Å². The van der Waals surface area contributed by atoms with Crippen molar-refractivity contribution in [1.82, 2.24) is 5.32 Å². The Hall–Kier alpha value is -3.10. The van der Waals surface area contributed by atoms with Gasteiger partial charge < -0.3 is 14.9 Å². The predicted octanol–water partition coefficient (Wildman–Crippen LogP) is 4.61. The molecule has 1 aliphatic carbocycles. The van der Waals surface area contributed by atoms with Crippen LogP contribution in [-0.2, 0) is 14.4 Å². The topological polar surface area (TPSA) is 116 Å². The zero-order chi connectivity index (χ0) is 26.5. The SMILES string of the molecule is COc1cccc(C2NC(CC3CCCCC3)(C(=O)O)C3C(=O)N(c4ccc(C)c(Cl)c4)C(=O)C23)c1O. The van der Waals surface area contributed by atoms with Gasteiger partial charge >= 0.3 is 5.97 Å². The number of ether oxygens (including phenoxy) is 1. The Bertz CT molecular complexity index is 1260. The number of rotatable bonds is 6. The maximum absolute atomic E-state index is 14.0. The number of aryl methyl sites for hydroxylation is 1. The van der Waals surface area contributed by atoms with Gasteiger partial charge in [0.2, 0.25) is 11.8 Å². The minimum Gasteiger partial charge on any atom is -0.504 e. The molecule has 2 amide bonds. The number of nitrogens with zero attached hydrogens (tertiary/aromatic N) is 1. The third kappa shape index (κ3) is 4.07. The Morgan fingerprint density at radius 3 is 2.54 bits per heavy atom. The number of carboxylic acids is 1. The number of phenolic OH excluding ortho intramolecular Hbond substituents is 1. The second kappa shape index (κ2) is 9.65. The van der Waals surface area contributed by atoms with Crippen LogP contribution in [0.25, 0.3) is 0 Å². The van der Waals surface area contributed by atoms with Crippen molar-refractivity contribution in [2.24, 2.45) is 17.8 Å². The van der Waals surface area contributed by atoms with E-state index < -0.39 is 41.2 Å². The summed E-state index contributed by atoms with van der Waals surface area (Å²) in [6.07, 6.45) is 5.11. The summed E-state index contributed by atoms with van der Waals surface area (Å²) < 4.78 is 5.27. The monoisotopic (exact) mass is 526 g/mol. The molecule has 2 aliphatic heterocycles. The number of aliphatic carboxylic acids is 1. The van der Waals surface area contributed by atoms with E-state index in [0.717, 1.165) is 42.6 Å². The van der Waals surface area contributed by atoms with Crippen LogP contribution in [-0.4, -0.2) is 40.6 Å². The predicted molar refractivity (Wildman–Crippen MR) is 138 cm³/mol. The Balaban J connectivity index is 1.65. The molecule has 3 fully saturated rings. The number of halogens is 1. The Morgan fingerprint density at radius 2 is 1.89 bits per heavy atom. The van der Waals surface area contributed by atoms with Crippen molar-refractivity contribution in [1.29, 1.82) is 0 Å². The Labute approximate surface area is 220 Å². The molecular formula is C28H31ClN2O6. The fourth-order valence-corrected chi connectivity index (χ4v) is 6.69. The number of benzene rings is 2. The minimum atomic E-state index is -1.66. The molecule has 37 heavy (non-hydrogen) atoms. The van der Waals surface area contributed by atoms with Crippen LogP contribution in [0.2, 0.25) is 5.02 Å². The lowest BCUT2D eigenvalue weighted by Crippen LogP contribution is -2.57. The molecule has 3 N–H and O–H groups in total. The molecule has 8 nitrogen and oxygen atoms in total. The highest BCUT2D eigenvalue weighted by Gasteiger charge is 2.69. The number of hydrogen-bond donors (Lipinski definition) is 3. The molecular weight excluding hydrogens is 496 g/mol. The number of carbonyl (C=O) groups excluding carboxylic acids is 2. The first-order chi connectivity index (χ1) is 17.7. The van der Waals surface area contributed by atoms with Crippen LogP contribution in [0, 0.1) is 24.7 Å². The van der Waals surface area contributed by atoms with E-state index in [1.165, 1.54) is 7.11 Å². The van der Waals surface area contributed by atoms with Gasteiger partial charge in [-0.2, -0.15) is 0 Å². The van der Waals surface area contributed by atoms with E-state index in [0.29, 0.717) is 16.3 Å². The maximum Gasteiger partial charge on any atom is 0.324 e. The number of fused-ring (bicyclic) bond motifs is 1. The highest BCUT2D eigenvalue weighted by atomic mass is 35.5. The van der Waals surface area contributed by atoms with E-state index in [1.54, 1.807) is 36.4 Å². The van der Waals surface area contributed by atoms with Gasteiger partial charge in [-0.05, 0) is 43.0 Å². The number of imide groups is 1. The van der Waals surface area contributed by atoms with Crippen LogP contribution in [0.15, 0.2) is 36.4 Å². The van der Waals surface area contributed by atoms with Crippen molar-refractivity contribution in [3.05, 3.63) is 52.5 Å². The lowest BCUT2D eigenvalue weighted by molar-refractivity contribution is -0.150. The first-order valence-corrected chi connectivity index (χ1v) is 13.1. The molecule has 0 aromatic heterocycles. The van der Waals surface area contributed by atoms with Crippen molar-refractivity contribution >= 4 is 35.1 Å². The minimum absolute atomic E-state index is 0.112. The summed E-state index contributed by atoms with van der Waals surface area (Å²) in [7, 11) is 1.42. The molecule has 0 spiro atoms. The van der Waals surface area contributed by atoms with E-state index in [2.05, 4.69) is 5.32 Å². The number of aromatic hydroxyl groups is 1. The molecule has 5 rings (SSSR count). The highest BCUT2D eigenvalue weighted by molar-refractivity contribution is 6.32. The van der Waals surface area contributed by atoms with Crippen molar-refractivity contribution in [2.75, 3.05) is 12.0 Å². The van der Waals surface area contributed by atoms with E-state index in [9.17, 15) is 24.6 Å². The third-order valence-corrected chi connectivity index (χ3v) is 8.78. The summed E-state index contributed by atoms with van der Waals surface area (Å²) in [4.78, 5) is 42.1. The molecule has 2 heterocycles. The van der Waals surface area contributed by atoms with Gasteiger partial charge in [-0.3, -0.25) is 19.7 Å². The average molecular weight is 527 g/mol. The molecule has 3 aliphatic rings. The quantitative estimate of drug-likeness (QED) is 0.471. The normalized spacial score (nSPS) is 28.0. The van der Waals surface area contributed by atoms with Gasteiger partial charge in [-0.15, -0.1) is 0 Å². The van der Waals surface area contributed by atoms with Gasteiger partial charge in [0, 0.05) is 16.6 Å². The molecule has 1 saturated carbocycles. The van der Waals surface area contributed by atoms with Crippen molar-refractivity contribution < 1.29 is 29.3 Å². The first-order valence-electron chi connectivity index (χ1n) is 12.7. The number of amides is 2. The van der Waals surface area contributed by atoms with Crippen LogP contribution in [0.5, 0.6) is 11.5 Å². The van der Waals surface area contributed by atoms with Crippen LogP contribution in [0.1, 0.15) is 55.7 Å². The van der Waals surface area contributed by atoms with Crippen LogP contribution in [0.4, 0.5) is 5.69 Å². The summed E-state index contributed by atoms with van der Waals surface area (Å²) in [5.74, 6) is -4.27. The molecule has 9 heteroatoms. The molecule has 2 saturated heterocycles. The number of phenols is 1. The van der Waals surface area contributed by atoms with Crippen LogP contribution in [0.3, 0.4) is 0 Å². The lowest BCUT2D eigenvalue weighted by atomic mass is 9.72. The molecule has 2 aromatic carbocycles. The molecule has 4 atom stereocenters. The van der Waals surface area contributed by atoms with Gasteiger partial charge in [0.1, 0.15) is 5.54 Å². The first kappa shape index (κ1) is 25.5. The summed E-state index contributed by atoms with van der Waals surface area (Å²) >= 11 is 6.32. The second-order valence-corrected chi connectivity index (χ2v) is 10.9. The molecule has 4 unspecified atom stereocenters. The summed E-state index contributed by atoms with van der Waals surface area (Å²) in [6, 6.07) is 8.92. The van der Waals surface area contributed by atoms with Crippen LogP contribution >= 0.6 is 11.6 Å². The van der Waals surface area contributed by atoms with E-state index in [4.69, 9.17) is 16.3 Å². The average Bonchev–Trinajstić information content (AvgIpc) is 3.35. The third-order valence-electron chi connectivity index (χ3n) is 8.37. The standard InChI is InChI=1S/C28H31ClN2O6/c1-15-11-12-17(13-19(15)29)31-25(33)21-22(26(31)34)28(27(35)36,14-16-7-4-3-5-8-16)30-23(21)18-9-6-10-20(37-2)24(18)32/h6,9-13,16,21-23,30,32H,3-5,7-8,14H2,1-2H3,(H,35,36). The molecule has 0 radical (unpaired) electrons. The van der Waals surface area contributed by atoms with Crippen molar-refractivity contribution in [3.8, 4) is 11.5 Å². The zero-order valence-electron chi connectivity index (χ0n) is 20.9. The van der Waals surface area contributed by atoms with Crippen LogP contribution < -0.4 is 15.0 Å². The molecule has 196 valence electrons. The largest absolute Gasteiger partial charge is 0.504 e. The van der Waals surface area contributed by atoms with E-state index >= 15 is 0 Å². The number of para-hydroxylation sites is 1. The number of carbonyl (C=O) groups is 3. The zero-order valence-corrected chi connectivity index (χ0v) is 21.6. The van der Waals surface area contributed by atoms with Crippen molar-refractivity contribution in [3.63, 3.8) is 0 Å². The Morgan fingerprint density at radius 1 is 1.16 bits per heavy atom. The smallest absolute Gasteiger partial charge is 0.324 e. The van der Waals surface area contributed by atoms with Gasteiger partial charge in [-0.25, -0.2) is 4.90 Å². The van der Waals surface area contributed by atoms with Crippen molar-refractivity contribution in [2.45, 2.75) is 57.0 Å². The number of anilines is 1. The molecule has 0 bridgehead atoms. The molecule has 2 aromatic rings. The maximum atomic E-state index is 14.0. The summed E-state index contributed by atoms with van der Waals surface area (Å²) in [5.41, 5.74) is -0.234. The highest BCUT2D eigenvalue weighted by Crippen LogP contribution is 2.54. The summed E-state index contributed by atoms with van der Waals surface area (Å²) in [5, 5.41) is 25.2. The van der Waals surface area contributed by atoms with Gasteiger partial charge in [0.15, 0.2) is 11.5 Å². The van der Waals surface area contributed by atoms with E-state index in [-0.39, 0.29) is 23.8 Å². The lowest BCUT2D eigenvalue weighted by Gasteiger charge is -2.35. The fourth-order valence-electron chi connectivity index (χ4n) is 6.52. The van der Waals surface area contributed by atoms with E-state index in [1.807, 2.05) is 6.92 Å². The van der Waals surface area contributed by atoms with Gasteiger partial charge in [0.05, 0.1) is 24.6 Å². The van der Waals surface area contributed by atoms with Gasteiger partial charge in [-0.1, -0.05) is 61.9 Å². The number of nitrogens with one attached hydrogen (secondary N) is 1. The number of hydrogen-bond acceptors (Lipinski definition) is 6. The summed E-state index contributed by atoms with van der Waals surface area (Å²) in [6.45, 7) is 1.82. The Kier molecular flexibility index (Phi) is 6.66. The number of carboxylic acid groups (broad SMARTS) is 1. The fraction of sp³-hybridized carbons (Fsp3) is 0.464. The second-order valence-electron chi connectivity index (χ2n) is 10.5. The number of methoxy groups -OCH3 is 1.